The van der Waals surface area contributed by atoms with Crippen LogP contribution in [-0.2, 0) is 10.8 Å². The third kappa shape index (κ3) is 1.39. The Bertz CT molecular complexity index is 6130. The molecule has 34 rings (SSSR count). The molecular weight excluding hydrogens is 845 g/mol. The summed E-state index contributed by atoms with van der Waals surface area (Å²) in [6.45, 7) is 5.17. The van der Waals surface area contributed by atoms with Crippen LogP contribution in [0, 0.1) is 22.7 Å². The van der Waals surface area contributed by atoms with Crippen molar-refractivity contribution in [2.75, 3.05) is 54.4 Å². The molecule has 1 saturated carbocycles. The van der Waals surface area contributed by atoms with Gasteiger partial charge in [-0.05, 0) is 263 Å². The largest absolute Gasteiger partial charge is 0.327 e. The Labute approximate surface area is 393 Å². The van der Waals surface area contributed by atoms with Crippen LogP contribution in [0.25, 0.3) is 157 Å². The van der Waals surface area contributed by atoms with Crippen LogP contribution in [0.1, 0.15) is 125 Å². The van der Waals surface area contributed by atoms with Gasteiger partial charge in [-0.15, -0.1) is 0 Å². The van der Waals surface area contributed by atoms with E-state index in [4.69, 9.17) is 0 Å². The Morgan fingerprint density at radius 3 is 1.71 bits per heavy atom. The highest BCUT2D eigenvalue weighted by atomic mass is 15.4. The van der Waals surface area contributed by atoms with Crippen LogP contribution in [0.15, 0.2) is 11.1 Å². The van der Waals surface area contributed by atoms with Crippen LogP contribution in [0.4, 0.5) is 0 Å². The molecule has 13 aromatic carbocycles. The highest BCUT2D eigenvalue weighted by molar-refractivity contribution is 6.65. The zero-order chi connectivity index (χ0) is 42.2. The van der Waals surface area contributed by atoms with E-state index in [0.717, 1.165) is 8.97 Å². The average Bonchev–Trinajstić information content (AvgIpc) is 4.35. The van der Waals surface area contributed by atoms with E-state index in [9.17, 15) is 0 Å². The molecule has 0 aromatic heterocycles. The van der Waals surface area contributed by atoms with Crippen molar-refractivity contribution in [2.45, 2.75) is 46.3 Å². The first-order valence-corrected chi connectivity index (χ1v) is 27.9. The van der Waals surface area contributed by atoms with E-state index < -0.39 is 0 Å². The molecule has 2 heteroatoms. The predicted molar refractivity (Wildman–Crippen MR) is 274 cm³/mol. The van der Waals surface area contributed by atoms with Crippen molar-refractivity contribution in [1.82, 2.24) is 0 Å². The summed E-state index contributed by atoms with van der Waals surface area (Å²) in [7, 11) is 10.9. The number of quaternary nitrogens is 2. The number of nitrogens with zero attached hydrogens (tertiary/aromatic N) is 2. The second-order valence-corrected chi connectivity index (χ2v) is 30.6. The van der Waals surface area contributed by atoms with Crippen molar-refractivity contribution < 1.29 is 8.97 Å². The zero-order valence-corrected chi connectivity index (χ0v) is 38.3. The van der Waals surface area contributed by atoms with E-state index in [-0.39, 0.29) is 21.7 Å². The smallest absolute Gasteiger partial charge is 0.0934 e. The van der Waals surface area contributed by atoms with Crippen molar-refractivity contribution in [3.05, 3.63) is 105 Å². The molecule has 308 valence electrons. The molecule has 70 heavy (non-hydrogen) atoms. The van der Waals surface area contributed by atoms with Crippen LogP contribution < -0.4 is 5.22 Å². The van der Waals surface area contributed by atoms with E-state index in [0.29, 0.717) is 47.3 Å². The van der Waals surface area contributed by atoms with Crippen LogP contribution in [0.2, 0.25) is 0 Å². The lowest BCUT2D eigenvalue weighted by molar-refractivity contribution is -0.881. The lowest BCUT2D eigenvalue weighted by atomic mass is 9.42. The number of hydrogen-bond acceptors (Lipinski definition) is 0. The van der Waals surface area contributed by atoms with Gasteiger partial charge in [0.05, 0.1) is 76.0 Å². The second kappa shape index (κ2) is 5.86. The maximum Gasteiger partial charge on any atom is 0.0934 e. The van der Waals surface area contributed by atoms with Gasteiger partial charge >= 0.3 is 0 Å². The van der Waals surface area contributed by atoms with Gasteiger partial charge in [-0.1, -0.05) is 0 Å². The topological polar surface area (TPSA) is 0 Å². The van der Waals surface area contributed by atoms with Crippen LogP contribution in [-0.4, -0.2) is 63.3 Å². The molecule has 21 aliphatic rings. The zero-order valence-electron chi connectivity index (χ0n) is 38.3. The Morgan fingerprint density at radius 1 is 0.329 bits per heavy atom. The minimum absolute atomic E-state index is 0.00428. The Morgan fingerprint density at radius 2 is 0.886 bits per heavy atom. The molecule has 0 amide bonds. The van der Waals surface area contributed by atoms with E-state index in [1.54, 1.807) is 59.2 Å². The first-order chi connectivity index (χ1) is 34.3. The van der Waals surface area contributed by atoms with Crippen molar-refractivity contribution in [3.8, 4) is 11.1 Å². The normalized spacial score (nSPS) is 41.7. The summed E-state index contributed by atoms with van der Waals surface area (Å²) in [4.78, 5) is 0. The molecule has 3 fully saturated rings. The van der Waals surface area contributed by atoms with Gasteiger partial charge in [0.2, 0.25) is 0 Å². The van der Waals surface area contributed by atoms with Gasteiger partial charge in [0.25, 0.3) is 0 Å². The number of benzene rings is 10. The SMILES string of the molecule is C[N+]1(C)CC23C4=C5C6=C7C8C9=c%10c%11c%12c%13c%14c%15c%16c%17c%18c%19c%20c%21c%22c%23c(c4c4c2c2c%24c%25c(c%10c(c%11%15)c%10c%16c%19c(c%25%10)c%10c%20c%23c4c%24%10)C2C9C73C1)C1C%22=C2c3c(c6c(c-%13c3C(C%14%17)C23C[N+](C)(C)CC%21%183)C%128)C51. The lowest BCUT2D eigenvalue weighted by Crippen LogP contribution is -2.55. The van der Waals surface area contributed by atoms with Gasteiger partial charge in [0.15, 0.2) is 0 Å². The summed E-state index contributed by atoms with van der Waals surface area (Å²) < 4.78 is 2.31. The molecule has 13 aromatic rings. The number of likely N-dealkylation sites (tertiary alicyclic amines) is 2. The maximum atomic E-state index is 2.73. The molecule has 2 nitrogen and oxygen atoms in total. The minimum Gasteiger partial charge on any atom is -0.327 e. The van der Waals surface area contributed by atoms with E-state index in [1.165, 1.54) is 26.2 Å². The summed E-state index contributed by atoms with van der Waals surface area (Å²) in [5, 5.41) is 41.6. The fourth-order valence-corrected chi connectivity index (χ4v) is 31.2. The second-order valence-electron chi connectivity index (χ2n) is 30.6. The molecule has 2 heterocycles. The fraction of sp³-hybridized carbons (Fsp3) is 0.294. The van der Waals surface area contributed by atoms with Crippen LogP contribution >= 0.6 is 0 Å². The van der Waals surface area contributed by atoms with Gasteiger partial charge in [-0.2, -0.15) is 0 Å². The minimum atomic E-state index is -0.00428. The molecule has 12 unspecified atom stereocenters. The van der Waals surface area contributed by atoms with E-state index in [2.05, 4.69) is 33.8 Å². The molecule has 0 N–H and O–H groups in total. The average molecular weight is 873 g/mol. The van der Waals surface area contributed by atoms with Crippen molar-refractivity contribution in [2.24, 2.45) is 22.7 Å². The molecule has 0 bridgehead atoms. The van der Waals surface area contributed by atoms with E-state index >= 15 is 0 Å². The number of likely N-dealkylation sites (N-methyl/N-ethyl adjacent to an activating group) is 2. The molecule has 2 aliphatic heterocycles. The fourth-order valence-electron chi connectivity index (χ4n) is 31.2. The molecule has 12 atom stereocenters. The third-order valence-corrected chi connectivity index (χ3v) is 29.6. The summed E-state index contributed by atoms with van der Waals surface area (Å²) in [5.74, 6) is 4.08. The molecule has 0 radical (unpaired) electrons. The summed E-state index contributed by atoms with van der Waals surface area (Å²) in [5.41, 5.74) is 48.6. The Kier molecular flexibility index (Phi) is 2.29. The summed E-state index contributed by atoms with van der Waals surface area (Å²) in [6.07, 6.45) is 0. The van der Waals surface area contributed by atoms with Crippen LogP contribution in [0.5, 0.6) is 0 Å². The number of rotatable bonds is 0. The highest BCUT2D eigenvalue weighted by Gasteiger charge is 2.89. The Balaban J connectivity index is 1.11. The van der Waals surface area contributed by atoms with Gasteiger partial charge in [-0.3, -0.25) is 0 Å². The number of hydrogen-bond donors (Lipinski definition) is 0. The van der Waals surface area contributed by atoms with Crippen LogP contribution in [0.3, 0.4) is 0 Å². The van der Waals surface area contributed by atoms with Crippen molar-refractivity contribution in [1.29, 1.82) is 0 Å². The molecule has 19 aliphatic carbocycles. The third-order valence-electron chi connectivity index (χ3n) is 29.6. The van der Waals surface area contributed by atoms with Crippen molar-refractivity contribution in [3.63, 3.8) is 0 Å². The van der Waals surface area contributed by atoms with Gasteiger partial charge < -0.3 is 8.97 Å². The summed E-state index contributed by atoms with van der Waals surface area (Å²) in [6, 6.07) is 0. The van der Waals surface area contributed by atoms with E-state index in [1.807, 2.05) is 198 Å². The quantitative estimate of drug-likeness (QED) is 0.105. The predicted octanol–water partition coefficient (Wildman–Crippen LogP) is 11.7. The lowest BCUT2D eigenvalue weighted by Gasteiger charge is -2.56. The first-order valence-electron chi connectivity index (χ1n) is 27.9. The first kappa shape index (κ1) is 27.3. The summed E-state index contributed by atoms with van der Waals surface area (Å²) >= 11 is 0. The van der Waals surface area contributed by atoms with Gasteiger partial charge in [0, 0.05) is 47.3 Å². The Hall–Kier alpha value is -6.32. The molecular formula is C68H28N2+2. The van der Waals surface area contributed by atoms with Gasteiger partial charge in [-0.25, -0.2) is 0 Å². The monoisotopic (exact) mass is 872 g/mol. The van der Waals surface area contributed by atoms with Gasteiger partial charge in [0.1, 0.15) is 0 Å². The maximum absolute atomic E-state index is 2.73. The highest BCUT2D eigenvalue weighted by Crippen LogP contribution is 2.97. The molecule has 4 spiro atoms. The van der Waals surface area contributed by atoms with Crippen molar-refractivity contribution >= 4 is 146 Å². The number of allylic oxidation sites excluding steroid dienone is 3. The standard InChI is InChI=1S/C68H28N2/c1-69(2)5-65-57-41-25-13-11-9-10-12-14-16-21-31-19(12)29(17(9)25)45(57)47(31)59-49-33(21)24-28(16)44-42-26(14)18(10)30-20(11)32-22-15(13)27-23-34(22)50-54-38-35(23)51(61(65)43(27)41)55-39(38)40-37(53(49)63(55)67(59,65)7-69)36(24)52-56(40)64(54)68-8-70(3,4)6-66(68,62(44)52)58(42)46(30)48(32)60(50)68/h27,39-40,43,45,48,57,60H,5-8H2,1-4H3/q+2. The molecule has 2 saturated heterocycles.